The van der Waals surface area contributed by atoms with Crippen molar-refractivity contribution in [2.24, 2.45) is 5.92 Å². The first-order valence-electron chi connectivity index (χ1n) is 8.94. The van der Waals surface area contributed by atoms with Crippen molar-refractivity contribution >= 4 is 18.4 Å². The standard InChI is InChI=1S/C22H29NO2.ClH/c1-5-21(24)25-22(18(2)17-23(3)4,20-14-10-7-11-15-20)16-19-12-8-6-9-13-19;/h6-15,18H,5,16-17H2,1-4H3;1H/t18-,22?;/m1./s1. The Morgan fingerprint density at radius 1 is 1.04 bits per heavy atom. The van der Waals surface area contributed by atoms with Crippen molar-refractivity contribution in [3.8, 4) is 0 Å². The first-order chi connectivity index (χ1) is 12.0. The van der Waals surface area contributed by atoms with Gasteiger partial charge in [-0.05, 0) is 25.2 Å². The summed E-state index contributed by atoms with van der Waals surface area (Å²) in [5.41, 5.74) is 1.54. The molecule has 142 valence electrons. The van der Waals surface area contributed by atoms with Crippen LogP contribution in [-0.4, -0.2) is 31.5 Å². The Bertz CT molecular complexity index is 660. The molecule has 0 aliphatic heterocycles. The molecule has 2 atom stereocenters. The summed E-state index contributed by atoms with van der Waals surface area (Å²) in [7, 11) is 4.10. The van der Waals surface area contributed by atoms with Crippen LogP contribution in [0.1, 0.15) is 31.4 Å². The van der Waals surface area contributed by atoms with Crippen LogP contribution in [0.5, 0.6) is 0 Å². The summed E-state index contributed by atoms with van der Waals surface area (Å²) in [4.78, 5) is 14.5. The Balaban J connectivity index is 0.00000338. The number of carbonyl (C=O) groups excluding carboxylic acids is 1. The second kappa shape index (κ2) is 10.3. The van der Waals surface area contributed by atoms with Crippen molar-refractivity contribution in [1.29, 1.82) is 0 Å². The van der Waals surface area contributed by atoms with E-state index in [1.165, 1.54) is 5.56 Å². The number of hydrogen-bond acceptors (Lipinski definition) is 3. The van der Waals surface area contributed by atoms with Crippen molar-refractivity contribution in [2.75, 3.05) is 20.6 Å². The summed E-state index contributed by atoms with van der Waals surface area (Å²) >= 11 is 0. The summed E-state index contributed by atoms with van der Waals surface area (Å²) in [5.74, 6) is -0.0222. The van der Waals surface area contributed by atoms with Gasteiger partial charge < -0.3 is 9.64 Å². The molecule has 4 heteroatoms. The normalized spacial score (nSPS) is 14.2. The summed E-state index contributed by atoms with van der Waals surface area (Å²) in [6.45, 7) is 4.84. The van der Waals surface area contributed by atoms with E-state index in [-0.39, 0.29) is 24.3 Å². The molecule has 0 spiro atoms. The molecule has 26 heavy (non-hydrogen) atoms. The smallest absolute Gasteiger partial charge is 0.306 e. The molecule has 0 saturated heterocycles. The minimum absolute atomic E-state index is 0. The summed E-state index contributed by atoms with van der Waals surface area (Å²) < 4.78 is 6.17. The Morgan fingerprint density at radius 3 is 2.08 bits per heavy atom. The molecule has 0 amide bonds. The van der Waals surface area contributed by atoms with Crippen molar-refractivity contribution < 1.29 is 9.53 Å². The molecule has 0 heterocycles. The van der Waals surface area contributed by atoms with E-state index in [0.717, 1.165) is 12.1 Å². The molecular formula is C22H30ClNO2. The third-order valence-electron chi connectivity index (χ3n) is 4.59. The third-order valence-corrected chi connectivity index (χ3v) is 4.59. The van der Waals surface area contributed by atoms with E-state index in [1.807, 2.05) is 43.3 Å². The minimum atomic E-state index is -0.681. The maximum Gasteiger partial charge on any atom is 0.306 e. The van der Waals surface area contributed by atoms with Gasteiger partial charge in [0.1, 0.15) is 5.60 Å². The molecule has 0 bridgehead atoms. The van der Waals surface area contributed by atoms with Crippen molar-refractivity contribution in [3.05, 3.63) is 71.8 Å². The molecule has 2 rings (SSSR count). The average molecular weight is 376 g/mol. The zero-order chi connectivity index (χ0) is 18.3. The van der Waals surface area contributed by atoms with Gasteiger partial charge in [0.05, 0.1) is 0 Å². The second-order valence-corrected chi connectivity index (χ2v) is 6.91. The molecule has 0 radical (unpaired) electrons. The Labute approximate surface area is 163 Å². The number of hydrogen-bond donors (Lipinski definition) is 0. The lowest BCUT2D eigenvalue weighted by atomic mass is 9.77. The van der Waals surface area contributed by atoms with Crippen molar-refractivity contribution in [1.82, 2.24) is 4.90 Å². The fraction of sp³-hybridized carbons (Fsp3) is 0.409. The highest BCUT2D eigenvalue weighted by Gasteiger charge is 2.42. The van der Waals surface area contributed by atoms with Gasteiger partial charge in [-0.2, -0.15) is 0 Å². The Hall–Kier alpha value is -1.84. The molecule has 2 aromatic rings. The first-order valence-corrected chi connectivity index (χ1v) is 8.94. The minimum Gasteiger partial charge on any atom is -0.453 e. The number of carbonyl (C=O) groups is 1. The quantitative estimate of drug-likeness (QED) is 0.626. The number of benzene rings is 2. The maximum absolute atomic E-state index is 12.3. The van der Waals surface area contributed by atoms with Crippen LogP contribution >= 0.6 is 12.4 Å². The van der Waals surface area contributed by atoms with Gasteiger partial charge in [0.2, 0.25) is 0 Å². The van der Waals surface area contributed by atoms with Crippen LogP contribution in [0.15, 0.2) is 60.7 Å². The van der Waals surface area contributed by atoms with Crippen LogP contribution < -0.4 is 0 Å². The van der Waals surface area contributed by atoms with Gasteiger partial charge in [0.25, 0.3) is 0 Å². The van der Waals surface area contributed by atoms with Gasteiger partial charge >= 0.3 is 5.97 Å². The molecule has 0 fully saturated rings. The van der Waals surface area contributed by atoms with E-state index in [4.69, 9.17) is 4.74 Å². The van der Waals surface area contributed by atoms with E-state index in [2.05, 4.69) is 50.2 Å². The van der Waals surface area contributed by atoms with Crippen LogP contribution in [0, 0.1) is 5.92 Å². The zero-order valence-corrected chi connectivity index (χ0v) is 17.0. The summed E-state index contributed by atoms with van der Waals surface area (Å²) in [6, 6.07) is 20.4. The SMILES string of the molecule is CCC(=O)OC(Cc1ccccc1)(c1ccccc1)[C@H](C)CN(C)C.Cl. The molecule has 0 saturated carbocycles. The van der Waals surface area contributed by atoms with E-state index in [9.17, 15) is 4.79 Å². The fourth-order valence-electron chi connectivity index (χ4n) is 3.35. The monoisotopic (exact) mass is 375 g/mol. The van der Waals surface area contributed by atoms with E-state index in [0.29, 0.717) is 12.8 Å². The topological polar surface area (TPSA) is 29.5 Å². The second-order valence-electron chi connectivity index (χ2n) is 6.91. The lowest BCUT2D eigenvalue weighted by molar-refractivity contribution is -0.168. The molecule has 3 nitrogen and oxygen atoms in total. The van der Waals surface area contributed by atoms with E-state index in [1.54, 1.807) is 0 Å². The van der Waals surface area contributed by atoms with Crippen LogP contribution in [0.2, 0.25) is 0 Å². The van der Waals surface area contributed by atoms with E-state index < -0.39 is 5.60 Å². The highest BCUT2D eigenvalue weighted by atomic mass is 35.5. The molecule has 0 aliphatic rings. The Morgan fingerprint density at radius 2 is 1.58 bits per heavy atom. The number of rotatable bonds is 8. The lowest BCUT2D eigenvalue weighted by Gasteiger charge is -2.40. The summed E-state index contributed by atoms with van der Waals surface area (Å²) in [6.07, 6.45) is 1.04. The van der Waals surface area contributed by atoms with Gasteiger partial charge in [-0.1, -0.05) is 74.5 Å². The van der Waals surface area contributed by atoms with Gasteiger partial charge in [-0.15, -0.1) is 12.4 Å². The van der Waals surface area contributed by atoms with E-state index >= 15 is 0 Å². The van der Waals surface area contributed by atoms with Crippen molar-refractivity contribution in [3.63, 3.8) is 0 Å². The van der Waals surface area contributed by atoms with Crippen LogP contribution in [0.4, 0.5) is 0 Å². The first kappa shape index (κ1) is 22.2. The third kappa shape index (κ3) is 5.58. The van der Waals surface area contributed by atoms with Gasteiger partial charge in [-0.3, -0.25) is 4.79 Å². The highest BCUT2D eigenvalue weighted by Crippen LogP contribution is 2.38. The van der Waals surface area contributed by atoms with Gasteiger partial charge in [0, 0.05) is 25.3 Å². The summed E-state index contributed by atoms with van der Waals surface area (Å²) in [5, 5.41) is 0. The van der Waals surface area contributed by atoms with Gasteiger partial charge in [0.15, 0.2) is 0 Å². The molecule has 0 aliphatic carbocycles. The van der Waals surface area contributed by atoms with Gasteiger partial charge in [-0.25, -0.2) is 0 Å². The predicted octanol–water partition coefficient (Wildman–Crippen LogP) is 4.70. The Kier molecular flexibility index (Phi) is 8.83. The zero-order valence-electron chi connectivity index (χ0n) is 16.1. The van der Waals surface area contributed by atoms with Crippen LogP contribution in [0.25, 0.3) is 0 Å². The number of esters is 1. The molecule has 1 unspecified atom stereocenters. The molecule has 0 N–H and O–H groups in total. The molecule has 0 aromatic heterocycles. The van der Waals surface area contributed by atoms with Crippen LogP contribution in [-0.2, 0) is 21.6 Å². The van der Waals surface area contributed by atoms with Crippen LogP contribution in [0.3, 0.4) is 0 Å². The number of halogens is 1. The van der Waals surface area contributed by atoms with Crippen molar-refractivity contribution in [2.45, 2.75) is 32.3 Å². The largest absolute Gasteiger partial charge is 0.453 e. The fourth-order valence-corrected chi connectivity index (χ4v) is 3.35. The number of ether oxygens (including phenoxy) is 1. The maximum atomic E-state index is 12.3. The molecule has 2 aromatic carbocycles. The predicted molar refractivity (Wildman–Crippen MR) is 110 cm³/mol. The molecular weight excluding hydrogens is 346 g/mol. The average Bonchev–Trinajstić information content (AvgIpc) is 2.62. The highest BCUT2D eigenvalue weighted by molar-refractivity contribution is 5.85. The number of nitrogens with zero attached hydrogens (tertiary/aromatic N) is 1. The lowest BCUT2D eigenvalue weighted by Crippen LogP contribution is -2.44.